The molecule has 28 heavy (non-hydrogen) atoms. The molecular weight excluding hydrogens is 442 g/mol. The van der Waals surface area contributed by atoms with Crippen LogP contribution in [-0.4, -0.2) is 39.2 Å². The van der Waals surface area contributed by atoms with Gasteiger partial charge in [-0.05, 0) is 25.0 Å². The normalized spacial score (nSPS) is 15.8. The molecule has 1 aliphatic heterocycles. The van der Waals surface area contributed by atoms with Crippen molar-refractivity contribution in [2.45, 2.75) is 56.9 Å². The van der Waals surface area contributed by atoms with E-state index in [2.05, 4.69) is 34.8 Å². The number of thioether (sulfide) groups is 1. The van der Waals surface area contributed by atoms with Crippen LogP contribution in [0.2, 0.25) is 0 Å². The molecule has 6 nitrogen and oxygen atoms in total. The quantitative estimate of drug-likeness (QED) is 0.596. The van der Waals surface area contributed by atoms with Crippen molar-refractivity contribution in [1.82, 2.24) is 14.5 Å². The lowest BCUT2D eigenvalue weighted by molar-refractivity contribution is -0.132. The van der Waals surface area contributed by atoms with Crippen LogP contribution >= 0.6 is 27.7 Å². The zero-order valence-corrected chi connectivity index (χ0v) is 18.7. The van der Waals surface area contributed by atoms with Crippen LogP contribution in [0.4, 0.5) is 0 Å². The first-order valence-corrected chi connectivity index (χ1v) is 11.6. The fraction of sp³-hybridized carbons (Fsp3) is 0.550. The molecule has 0 radical (unpaired) electrons. The first kappa shape index (κ1) is 21.2. The van der Waals surface area contributed by atoms with Gasteiger partial charge in [0.25, 0.3) is 0 Å². The molecule has 1 aromatic heterocycles. The van der Waals surface area contributed by atoms with Crippen LogP contribution in [0.3, 0.4) is 0 Å². The van der Waals surface area contributed by atoms with Gasteiger partial charge >= 0.3 is 11.1 Å². The molecule has 1 unspecified atom stereocenters. The van der Waals surface area contributed by atoms with Gasteiger partial charge in [0.2, 0.25) is 5.91 Å². The van der Waals surface area contributed by atoms with Gasteiger partial charge in [-0.15, -0.1) is 11.8 Å². The number of H-pyrrole nitrogens is 1. The molecule has 1 atom stereocenters. The molecule has 2 heterocycles. The van der Waals surface area contributed by atoms with E-state index in [4.69, 9.17) is 0 Å². The molecule has 0 bridgehead atoms. The van der Waals surface area contributed by atoms with Gasteiger partial charge in [-0.3, -0.25) is 19.0 Å². The van der Waals surface area contributed by atoms with Crippen LogP contribution in [0.25, 0.3) is 11.0 Å². The highest BCUT2D eigenvalue weighted by Gasteiger charge is 2.28. The lowest BCUT2D eigenvalue weighted by Gasteiger charge is -2.29. The average Bonchev–Trinajstić information content (AvgIpc) is 2.66. The topological polar surface area (TPSA) is 75.2 Å². The number of aromatic nitrogens is 2. The summed E-state index contributed by atoms with van der Waals surface area (Å²) in [6, 6.07) is 3.44. The third kappa shape index (κ3) is 4.38. The Balaban J connectivity index is 1.95. The van der Waals surface area contributed by atoms with Crippen LogP contribution in [0.5, 0.6) is 0 Å². The second-order valence-electron chi connectivity index (χ2n) is 7.19. The number of halogens is 1. The van der Waals surface area contributed by atoms with E-state index in [0.29, 0.717) is 11.3 Å². The number of amides is 1. The molecule has 0 spiro atoms. The Hall–Kier alpha value is -1.54. The fourth-order valence-corrected chi connectivity index (χ4v) is 5.37. The van der Waals surface area contributed by atoms with Gasteiger partial charge in [0.1, 0.15) is 0 Å². The second kappa shape index (κ2) is 9.31. The Morgan fingerprint density at radius 3 is 2.57 bits per heavy atom. The summed E-state index contributed by atoms with van der Waals surface area (Å²) in [7, 11) is 0. The van der Waals surface area contributed by atoms with Crippen molar-refractivity contribution >= 4 is 44.6 Å². The molecular formula is C20H26BrN3O3S. The molecule has 1 aromatic carbocycles. The Labute approximate surface area is 176 Å². The van der Waals surface area contributed by atoms with Crippen molar-refractivity contribution in [2.24, 2.45) is 0 Å². The lowest BCUT2D eigenvalue weighted by Crippen LogP contribution is -2.42. The predicted molar refractivity (Wildman–Crippen MR) is 117 cm³/mol. The van der Waals surface area contributed by atoms with Crippen molar-refractivity contribution in [2.75, 3.05) is 18.8 Å². The first-order valence-electron chi connectivity index (χ1n) is 9.84. The molecule has 0 fully saturated rings. The minimum Gasteiger partial charge on any atom is -0.343 e. The average molecular weight is 468 g/mol. The molecule has 1 amide bonds. The molecule has 2 aromatic rings. The van der Waals surface area contributed by atoms with E-state index in [1.807, 2.05) is 11.0 Å². The second-order valence-corrected chi connectivity index (χ2v) is 9.16. The van der Waals surface area contributed by atoms with Crippen molar-refractivity contribution < 1.29 is 4.79 Å². The van der Waals surface area contributed by atoms with Gasteiger partial charge < -0.3 is 9.88 Å². The number of rotatable bonds is 8. The third-order valence-electron chi connectivity index (χ3n) is 5.06. The van der Waals surface area contributed by atoms with Crippen LogP contribution in [0, 0.1) is 0 Å². The van der Waals surface area contributed by atoms with Crippen molar-refractivity contribution in [3.8, 4) is 0 Å². The maximum atomic E-state index is 13.0. The largest absolute Gasteiger partial charge is 0.343 e. The van der Waals surface area contributed by atoms with Gasteiger partial charge in [-0.2, -0.15) is 0 Å². The van der Waals surface area contributed by atoms with Gasteiger partial charge in [0, 0.05) is 34.6 Å². The molecule has 1 aliphatic rings. The van der Waals surface area contributed by atoms with Crippen LogP contribution in [-0.2, 0) is 4.79 Å². The van der Waals surface area contributed by atoms with Crippen molar-refractivity contribution in [1.29, 1.82) is 0 Å². The molecule has 1 N–H and O–H groups in total. The van der Waals surface area contributed by atoms with Crippen LogP contribution < -0.4 is 11.1 Å². The lowest BCUT2D eigenvalue weighted by atomic mass is 10.1. The highest BCUT2D eigenvalue weighted by Crippen LogP contribution is 2.38. The minimum atomic E-state index is -0.644. The van der Waals surface area contributed by atoms with Crippen LogP contribution in [0.15, 0.2) is 31.1 Å². The molecule has 8 heteroatoms. The maximum Gasteiger partial charge on any atom is 0.317 e. The van der Waals surface area contributed by atoms with Gasteiger partial charge in [-0.25, -0.2) is 0 Å². The van der Waals surface area contributed by atoms with Crippen LogP contribution in [0.1, 0.15) is 52.0 Å². The monoisotopic (exact) mass is 467 g/mol. The van der Waals surface area contributed by atoms with Crippen molar-refractivity contribution in [3.63, 3.8) is 0 Å². The number of nitrogens with zero attached hydrogens (tertiary/aromatic N) is 2. The summed E-state index contributed by atoms with van der Waals surface area (Å²) >= 11 is 5.08. The number of nitrogens with one attached hydrogen (secondary N) is 1. The molecule has 0 saturated carbocycles. The zero-order chi connectivity index (χ0) is 20.3. The van der Waals surface area contributed by atoms with Gasteiger partial charge in [-0.1, -0.05) is 42.6 Å². The Kier molecular flexibility index (Phi) is 7.04. The summed E-state index contributed by atoms with van der Waals surface area (Å²) in [5, 5.41) is 0. The fourth-order valence-electron chi connectivity index (χ4n) is 3.56. The van der Waals surface area contributed by atoms with E-state index in [-0.39, 0.29) is 18.4 Å². The summed E-state index contributed by atoms with van der Waals surface area (Å²) in [4.78, 5) is 43.4. The van der Waals surface area contributed by atoms with Gasteiger partial charge in [0.05, 0.1) is 17.1 Å². The number of hydrogen-bond acceptors (Lipinski definition) is 4. The molecule has 0 saturated heterocycles. The van der Waals surface area contributed by atoms with E-state index >= 15 is 0 Å². The number of carbonyl (C=O) groups excluding carboxylic acids is 1. The van der Waals surface area contributed by atoms with Gasteiger partial charge in [0.15, 0.2) is 0 Å². The Morgan fingerprint density at radius 2 is 1.93 bits per heavy atom. The number of carbonyl (C=O) groups is 1. The van der Waals surface area contributed by atoms with E-state index in [1.54, 1.807) is 22.4 Å². The zero-order valence-electron chi connectivity index (χ0n) is 16.3. The summed E-state index contributed by atoms with van der Waals surface area (Å²) < 4.78 is 2.39. The van der Waals surface area contributed by atoms with Crippen molar-refractivity contribution in [3.05, 3.63) is 37.3 Å². The van der Waals surface area contributed by atoms with E-state index in [0.717, 1.165) is 53.7 Å². The summed E-state index contributed by atoms with van der Waals surface area (Å²) in [5.41, 5.74) is 0.112. The number of benzene rings is 1. The summed E-state index contributed by atoms with van der Waals surface area (Å²) in [6.07, 6.45) is 4.26. The molecule has 3 rings (SSSR count). The SMILES string of the molecule is CCCCN(CCCC)C(=O)CC1CSc2cc(Br)cc3[nH]c(=O)c(=O)n1c23. The highest BCUT2D eigenvalue weighted by atomic mass is 79.9. The summed E-state index contributed by atoms with van der Waals surface area (Å²) in [5.74, 6) is 0.664. The number of aromatic amines is 1. The standard InChI is InChI=1S/C20H26BrN3O3S/c1-3-5-7-23(8-6-4-2)17(25)11-14-12-28-16-10-13(21)9-15-18(16)24(14)20(27)19(26)22-15/h9-10,14H,3-8,11-12H2,1-2H3,(H,22,26). The third-order valence-corrected chi connectivity index (χ3v) is 6.70. The Morgan fingerprint density at radius 1 is 1.25 bits per heavy atom. The predicted octanol–water partition coefficient (Wildman–Crippen LogP) is 3.92. The Bertz CT molecular complexity index is 977. The summed E-state index contributed by atoms with van der Waals surface area (Å²) in [6.45, 7) is 5.72. The minimum absolute atomic E-state index is 0.0633. The maximum absolute atomic E-state index is 13.0. The first-order chi connectivity index (χ1) is 13.5. The molecule has 152 valence electrons. The van der Waals surface area contributed by atoms with E-state index in [9.17, 15) is 14.4 Å². The highest BCUT2D eigenvalue weighted by molar-refractivity contribution is 9.10. The number of hydrogen-bond donors (Lipinski definition) is 1. The molecule has 0 aliphatic carbocycles. The van der Waals surface area contributed by atoms with E-state index < -0.39 is 11.1 Å². The smallest absolute Gasteiger partial charge is 0.317 e. The van der Waals surface area contributed by atoms with E-state index in [1.165, 1.54) is 0 Å². The number of unbranched alkanes of at least 4 members (excludes halogenated alkanes) is 2.